The summed E-state index contributed by atoms with van der Waals surface area (Å²) in [7, 11) is -3.78. The quantitative estimate of drug-likeness (QED) is 0.338. The summed E-state index contributed by atoms with van der Waals surface area (Å²) in [4.78, 5) is 0. The molecule has 9 heteroatoms. The molecule has 0 aliphatic carbocycles. The number of ether oxygens (including phenoxy) is 1. The summed E-state index contributed by atoms with van der Waals surface area (Å²) in [6, 6.07) is 16.6. The average Bonchev–Trinajstić information content (AvgIpc) is 3.25. The molecule has 0 fully saturated rings. The van der Waals surface area contributed by atoms with Crippen LogP contribution in [0.3, 0.4) is 0 Å². The first kappa shape index (κ1) is 20.6. The van der Waals surface area contributed by atoms with Gasteiger partial charge in [0.2, 0.25) is 0 Å². The molecule has 1 aromatic heterocycles. The molecule has 0 saturated carbocycles. The monoisotopic (exact) mass is 428 g/mol. The van der Waals surface area contributed by atoms with Gasteiger partial charge in [-0.3, -0.25) is 4.72 Å². The van der Waals surface area contributed by atoms with Gasteiger partial charge in [0.1, 0.15) is 9.96 Å². The summed E-state index contributed by atoms with van der Waals surface area (Å²) in [5, 5.41) is 21.7. The smallest absolute Gasteiger partial charge is 0.271 e. The first-order chi connectivity index (χ1) is 14.0. The maximum Gasteiger partial charge on any atom is 0.271 e. The van der Waals surface area contributed by atoms with Crippen LogP contribution in [-0.2, 0) is 10.0 Å². The highest BCUT2D eigenvalue weighted by Gasteiger charge is 2.16. The minimum absolute atomic E-state index is 0.0999. The van der Waals surface area contributed by atoms with Crippen molar-refractivity contribution < 1.29 is 18.3 Å². The third-order valence-corrected chi connectivity index (χ3v) is 6.49. The fourth-order valence-corrected chi connectivity index (χ4v) is 4.51. The Morgan fingerprint density at radius 3 is 2.66 bits per heavy atom. The van der Waals surface area contributed by atoms with Crippen molar-refractivity contribution in [1.82, 2.24) is 0 Å². The molecule has 0 aliphatic heterocycles. The summed E-state index contributed by atoms with van der Waals surface area (Å²) in [5.41, 5.74) is 0.917. The van der Waals surface area contributed by atoms with Gasteiger partial charge in [-0.15, -0.1) is 11.3 Å². The Morgan fingerprint density at radius 1 is 1.14 bits per heavy atom. The number of sulfonamides is 1. The second-order valence-corrected chi connectivity index (χ2v) is 8.56. The Labute approximate surface area is 173 Å². The predicted molar refractivity (Wildman–Crippen MR) is 113 cm³/mol. The van der Waals surface area contributed by atoms with Crippen LogP contribution < -0.4 is 14.6 Å². The summed E-state index contributed by atoms with van der Waals surface area (Å²) >= 11 is 1.09. The summed E-state index contributed by atoms with van der Waals surface area (Å²) in [5.74, 6) is -0.0369. The summed E-state index contributed by atoms with van der Waals surface area (Å²) in [6.45, 7) is 2.37. The van der Waals surface area contributed by atoms with Gasteiger partial charge in [-0.1, -0.05) is 36.4 Å². The van der Waals surface area contributed by atoms with E-state index in [1.165, 1.54) is 24.4 Å². The Hall–Kier alpha value is -3.17. The van der Waals surface area contributed by atoms with Crippen molar-refractivity contribution in [3.05, 3.63) is 77.2 Å². The van der Waals surface area contributed by atoms with Crippen molar-refractivity contribution >= 4 is 39.2 Å². The van der Waals surface area contributed by atoms with Crippen molar-refractivity contribution in [1.29, 1.82) is 0 Å². The van der Waals surface area contributed by atoms with Crippen LogP contribution in [0.4, 0.5) is 5.69 Å². The highest BCUT2D eigenvalue weighted by molar-refractivity contribution is 7.94. The molecular weight excluding hydrogens is 410 g/mol. The maximum atomic E-state index is 12.5. The van der Waals surface area contributed by atoms with Gasteiger partial charge in [-0.25, -0.2) is 8.42 Å². The molecule has 0 atom stereocenters. The predicted octanol–water partition coefficient (Wildman–Crippen LogP) is 3.09. The Balaban J connectivity index is 1.84. The van der Waals surface area contributed by atoms with Crippen LogP contribution in [-0.4, -0.2) is 27.1 Å². The van der Waals surface area contributed by atoms with Crippen molar-refractivity contribution in [2.75, 3.05) is 11.3 Å². The number of hydrogen-bond donors (Lipinski definition) is 1. The highest BCUT2D eigenvalue weighted by Crippen LogP contribution is 2.23. The lowest BCUT2D eigenvalue weighted by molar-refractivity contribution is -0.213. The minimum Gasteiger partial charge on any atom is -0.857 e. The highest BCUT2D eigenvalue weighted by atomic mass is 32.2. The van der Waals surface area contributed by atoms with E-state index >= 15 is 0 Å². The van der Waals surface area contributed by atoms with Gasteiger partial charge in [0.15, 0.2) is 0 Å². The lowest BCUT2D eigenvalue weighted by Gasteiger charge is -2.15. The molecule has 0 amide bonds. The van der Waals surface area contributed by atoms with E-state index in [4.69, 9.17) is 4.74 Å². The number of benzene rings is 2. The molecule has 2 aromatic carbocycles. The molecule has 29 heavy (non-hydrogen) atoms. The van der Waals surface area contributed by atoms with Crippen LogP contribution in [0.5, 0.6) is 5.75 Å². The normalized spacial score (nSPS) is 12.2. The third kappa shape index (κ3) is 5.21. The Bertz CT molecular complexity index is 1120. The third-order valence-electron chi connectivity index (χ3n) is 3.73. The fraction of sp³-hybridized carbons (Fsp3) is 0.100. The van der Waals surface area contributed by atoms with Gasteiger partial charge >= 0.3 is 0 Å². The number of hydrogen-bond acceptors (Lipinski definition) is 7. The van der Waals surface area contributed by atoms with E-state index in [1.807, 2.05) is 19.1 Å². The van der Waals surface area contributed by atoms with E-state index < -0.39 is 15.9 Å². The van der Waals surface area contributed by atoms with Crippen molar-refractivity contribution in [2.45, 2.75) is 11.1 Å². The van der Waals surface area contributed by atoms with E-state index in [-0.39, 0.29) is 15.5 Å². The van der Waals surface area contributed by atoms with E-state index in [9.17, 15) is 13.5 Å². The van der Waals surface area contributed by atoms with E-state index in [2.05, 4.69) is 14.9 Å². The Kier molecular flexibility index (Phi) is 6.63. The maximum absolute atomic E-state index is 12.5. The largest absolute Gasteiger partial charge is 0.857 e. The van der Waals surface area contributed by atoms with Crippen LogP contribution >= 0.6 is 11.3 Å². The average molecular weight is 429 g/mol. The molecular formula is C20H18N3O4S2-. The van der Waals surface area contributed by atoms with Gasteiger partial charge in [0, 0.05) is 17.0 Å². The number of rotatable bonds is 8. The molecule has 0 unspecified atom stereocenters. The number of nitrogens with one attached hydrogen (secondary N) is 1. The second kappa shape index (κ2) is 9.35. The molecule has 0 spiro atoms. The van der Waals surface area contributed by atoms with Crippen molar-refractivity contribution in [3.63, 3.8) is 0 Å². The van der Waals surface area contributed by atoms with Gasteiger partial charge in [-0.05, 0) is 36.6 Å². The molecule has 0 bridgehead atoms. The second-order valence-electron chi connectivity index (χ2n) is 5.70. The molecule has 3 rings (SSSR count). The van der Waals surface area contributed by atoms with Crippen molar-refractivity contribution in [3.8, 4) is 5.75 Å². The standard InChI is InChI=1S/C20H19N3O4S2/c1-2-27-18-11-6-3-8-15(18)14-21-22-20(24)16-9-4-5-10-17(16)23-29(25,26)19-12-7-13-28-19/h3-14,23H,2H2,1H3,(H,22,24)/p-1/b21-14-. The Morgan fingerprint density at radius 2 is 1.90 bits per heavy atom. The number of para-hydroxylation sites is 2. The zero-order chi connectivity index (χ0) is 20.7. The summed E-state index contributed by atoms with van der Waals surface area (Å²) in [6.07, 6.45) is 1.42. The van der Waals surface area contributed by atoms with Gasteiger partial charge in [0.05, 0.1) is 18.5 Å². The molecule has 0 aliphatic rings. The van der Waals surface area contributed by atoms with Crippen LogP contribution in [0, 0.1) is 0 Å². The molecule has 3 aromatic rings. The SMILES string of the molecule is CCOc1ccccc1/C=N\N=C([O-])c1ccccc1NS(=O)(=O)c1cccs1. The number of nitrogens with zero attached hydrogens (tertiary/aromatic N) is 2. The van der Waals surface area contributed by atoms with Crippen LogP contribution in [0.25, 0.3) is 0 Å². The van der Waals surface area contributed by atoms with Crippen LogP contribution in [0.2, 0.25) is 0 Å². The number of thiophene rings is 1. The topological polar surface area (TPSA) is 103 Å². The first-order valence-corrected chi connectivity index (χ1v) is 11.0. The van der Waals surface area contributed by atoms with Gasteiger partial charge in [-0.2, -0.15) is 10.2 Å². The lowest BCUT2D eigenvalue weighted by atomic mass is 10.2. The van der Waals surface area contributed by atoms with Crippen molar-refractivity contribution in [2.24, 2.45) is 10.2 Å². The van der Waals surface area contributed by atoms with E-state index in [1.54, 1.807) is 35.7 Å². The van der Waals surface area contributed by atoms with Crippen LogP contribution in [0.15, 0.2) is 80.5 Å². The van der Waals surface area contributed by atoms with E-state index in [0.717, 1.165) is 11.3 Å². The van der Waals surface area contributed by atoms with E-state index in [0.29, 0.717) is 17.9 Å². The molecule has 7 nitrogen and oxygen atoms in total. The zero-order valence-electron chi connectivity index (χ0n) is 15.5. The molecule has 1 heterocycles. The summed E-state index contributed by atoms with van der Waals surface area (Å²) < 4.78 is 33.0. The lowest BCUT2D eigenvalue weighted by Crippen LogP contribution is -2.22. The van der Waals surface area contributed by atoms with Gasteiger partial charge in [0.25, 0.3) is 10.0 Å². The fourth-order valence-electron chi connectivity index (χ4n) is 2.44. The number of anilines is 1. The molecule has 1 N–H and O–H groups in total. The molecule has 0 saturated heterocycles. The zero-order valence-corrected chi connectivity index (χ0v) is 17.1. The van der Waals surface area contributed by atoms with Crippen LogP contribution in [0.1, 0.15) is 18.1 Å². The first-order valence-electron chi connectivity index (χ1n) is 8.67. The van der Waals surface area contributed by atoms with Gasteiger partial charge < -0.3 is 9.84 Å². The molecule has 150 valence electrons. The molecule has 0 radical (unpaired) electrons. The minimum atomic E-state index is -3.78.